The van der Waals surface area contributed by atoms with Crippen LogP contribution in [0, 0.1) is 13.8 Å². The number of amides is 2. The second-order valence-corrected chi connectivity index (χ2v) is 8.95. The van der Waals surface area contributed by atoms with E-state index in [9.17, 15) is 9.59 Å². The van der Waals surface area contributed by atoms with Crippen molar-refractivity contribution in [1.29, 1.82) is 0 Å². The average molecular weight is 411 g/mol. The van der Waals surface area contributed by atoms with Crippen LogP contribution in [0.25, 0.3) is 0 Å². The number of carbonyl (C=O) groups excluding carboxylic acids is 2. The topological polar surface area (TPSA) is 58.2 Å². The molecule has 28 heavy (non-hydrogen) atoms. The van der Waals surface area contributed by atoms with Gasteiger partial charge in [0.1, 0.15) is 0 Å². The van der Waals surface area contributed by atoms with Crippen LogP contribution in [0.1, 0.15) is 27.7 Å². The van der Waals surface area contributed by atoms with Crippen LogP contribution < -0.4 is 10.6 Å². The number of benzene rings is 2. The van der Waals surface area contributed by atoms with Crippen molar-refractivity contribution >= 4 is 46.3 Å². The SMILES string of the molecule is Cc1cc(C)cc(NC(=O)C(C)Sc2cccc(NC(=O)c3cccs3)c2)c1. The summed E-state index contributed by atoms with van der Waals surface area (Å²) in [6, 6.07) is 17.2. The zero-order chi connectivity index (χ0) is 20.1. The monoisotopic (exact) mass is 410 g/mol. The summed E-state index contributed by atoms with van der Waals surface area (Å²) in [5, 5.41) is 7.48. The van der Waals surface area contributed by atoms with Crippen LogP contribution in [0.5, 0.6) is 0 Å². The summed E-state index contributed by atoms with van der Waals surface area (Å²) in [6.07, 6.45) is 0. The predicted octanol–water partition coefficient (Wildman–Crippen LogP) is 5.74. The number of carbonyl (C=O) groups is 2. The fourth-order valence-corrected chi connectivity index (χ4v) is 4.34. The highest BCUT2D eigenvalue weighted by Gasteiger charge is 2.15. The summed E-state index contributed by atoms with van der Waals surface area (Å²) >= 11 is 2.86. The van der Waals surface area contributed by atoms with Crippen LogP contribution in [0.4, 0.5) is 11.4 Å². The molecule has 3 aromatic rings. The summed E-state index contributed by atoms with van der Waals surface area (Å²) in [7, 11) is 0. The molecule has 6 heteroatoms. The molecule has 0 aliphatic heterocycles. The molecule has 2 aromatic carbocycles. The molecule has 1 atom stereocenters. The van der Waals surface area contributed by atoms with Gasteiger partial charge >= 0.3 is 0 Å². The Morgan fingerprint density at radius 3 is 2.36 bits per heavy atom. The summed E-state index contributed by atoms with van der Waals surface area (Å²) in [5.41, 5.74) is 3.76. The lowest BCUT2D eigenvalue weighted by molar-refractivity contribution is -0.115. The van der Waals surface area contributed by atoms with Gasteiger partial charge in [-0.2, -0.15) is 0 Å². The minimum Gasteiger partial charge on any atom is -0.325 e. The maximum absolute atomic E-state index is 12.6. The van der Waals surface area contributed by atoms with E-state index in [1.165, 1.54) is 23.1 Å². The van der Waals surface area contributed by atoms with Gasteiger partial charge in [-0.3, -0.25) is 9.59 Å². The molecule has 2 amide bonds. The van der Waals surface area contributed by atoms with Gasteiger partial charge in [0.15, 0.2) is 0 Å². The van der Waals surface area contributed by atoms with Gasteiger partial charge in [0, 0.05) is 16.3 Å². The van der Waals surface area contributed by atoms with Gasteiger partial charge in [0.05, 0.1) is 10.1 Å². The van der Waals surface area contributed by atoms with Crippen molar-refractivity contribution in [2.24, 2.45) is 0 Å². The van der Waals surface area contributed by atoms with Crippen molar-refractivity contribution in [3.8, 4) is 0 Å². The number of nitrogens with one attached hydrogen (secondary N) is 2. The Hall–Kier alpha value is -2.57. The second-order valence-electron chi connectivity index (χ2n) is 6.58. The van der Waals surface area contributed by atoms with Crippen LogP contribution in [-0.4, -0.2) is 17.1 Å². The van der Waals surface area contributed by atoms with Crippen LogP contribution in [-0.2, 0) is 4.79 Å². The highest BCUT2D eigenvalue weighted by molar-refractivity contribution is 8.00. The molecule has 2 N–H and O–H groups in total. The second kappa shape index (κ2) is 9.08. The van der Waals surface area contributed by atoms with Crippen LogP contribution in [0.2, 0.25) is 0 Å². The minimum absolute atomic E-state index is 0.0528. The van der Waals surface area contributed by atoms with E-state index in [-0.39, 0.29) is 17.1 Å². The number of thiophene rings is 1. The van der Waals surface area contributed by atoms with E-state index in [2.05, 4.69) is 16.7 Å². The zero-order valence-electron chi connectivity index (χ0n) is 16.0. The van der Waals surface area contributed by atoms with Crippen molar-refractivity contribution in [3.05, 3.63) is 76.0 Å². The van der Waals surface area contributed by atoms with Crippen LogP contribution in [0.3, 0.4) is 0 Å². The largest absolute Gasteiger partial charge is 0.325 e. The quantitative estimate of drug-likeness (QED) is 0.510. The summed E-state index contributed by atoms with van der Waals surface area (Å²) in [4.78, 5) is 26.3. The molecule has 0 aliphatic carbocycles. The molecule has 0 spiro atoms. The van der Waals surface area contributed by atoms with Gasteiger partial charge in [-0.25, -0.2) is 0 Å². The van der Waals surface area contributed by atoms with Gasteiger partial charge in [-0.1, -0.05) is 18.2 Å². The highest BCUT2D eigenvalue weighted by atomic mass is 32.2. The van der Waals surface area contributed by atoms with E-state index in [1.807, 2.05) is 68.6 Å². The first kappa shape index (κ1) is 20.2. The third-order valence-electron chi connectivity index (χ3n) is 4.01. The van der Waals surface area contributed by atoms with Crippen molar-refractivity contribution in [2.45, 2.75) is 30.9 Å². The number of hydrogen-bond donors (Lipinski definition) is 2. The van der Waals surface area contributed by atoms with Crippen molar-refractivity contribution in [1.82, 2.24) is 0 Å². The molecule has 0 saturated heterocycles. The van der Waals surface area contributed by atoms with E-state index in [0.29, 0.717) is 10.6 Å². The third kappa shape index (κ3) is 5.47. The molecule has 4 nitrogen and oxygen atoms in total. The van der Waals surface area contributed by atoms with Crippen molar-refractivity contribution in [3.63, 3.8) is 0 Å². The molecule has 0 radical (unpaired) electrons. The average Bonchev–Trinajstić information content (AvgIpc) is 3.16. The van der Waals surface area contributed by atoms with Crippen LogP contribution in [0.15, 0.2) is 64.9 Å². The highest BCUT2D eigenvalue weighted by Crippen LogP contribution is 2.27. The van der Waals surface area contributed by atoms with E-state index >= 15 is 0 Å². The Morgan fingerprint density at radius 1 is 0.929 bits per heavy atom. The normalized spacial score (nSPS) is 11.7. The molecule has 144 valence electrons. The number of anilines is 2. The standard InChI is InChI=1S/C22H22N2O2S2/c1-14-10-15(2)12-18(11-14)24-21(25)16(3)28-19-7-4-6-17(13-19)23-22(26)20-8-5-9-27-20/h4-13,16H,1-3H3,(H,23,26)(H,24,25). The fraction of sp³-hybridized carbons (Fsp3) is 0.182. The summed E-state index contributed by atoms with van der Waals surface area (Å²) < 4.78 is 0. The Balaban J connectivity index is 1.62. The first-order valence-electron chi connectivity index (χ1n) is 8.91. The molecule has 3 rings (SSSR count). The number of rotatable bonds is 6. The van der Waals surface area contributed by atoms with Gasteiger partial charge < -0.3 is 10.6 Å². The summed E-state index contributed by atoms with van der Waals surface area (Å²) in [5.74, 6) is -0.180. The lowest BCUT2D eigenvalue weighted by Gasteiger charge is -2.14. The summed E-state index contributed by atoms with van der Waals surface area (Å²) in [6.45, 7) is 5.90. The van der Waals surface area contributed by atoms with E-state index in [0.717, 1.165) is 21.7 Å². The van der Waals surface area contributed by atoms with E-state index < -0.39 is 0 Å². The maximum atomic E-state index is 12.6. The number of aryl methyl sites for hydroxylation is 2. The molecule has 0 saturated carbocycles. The number of hydrogen-bond acceptors (Lipinski definition) is 4. The van der Waals surface area contributed by atoms with E-state index in [4.69, 9.17) is 0 Å². The lowest BCUT2D eigenvalue weighted by Crippen LogP contribution is -2.22. The minimum atomic E-state index is -0.274. The fourth-order valence-electron chi connectivity index (χ4n) is 2.80. The Kier molecular flexibility index (Phi) is 6.54. The van der Waals surface area contributed by atoms with Crippen molar-refractivity contribution in [2.75, 3.05) is 10.6 Å². The van der Waals surface area contributed by atoms with Gasteiger partial charge in [-0.15, -0.1) is 23.1 Å². The Morgan fingerprint density at radius 2 is 1.68 bits per heavy atom. The first-order chi connectivity index (χ1) is 13.4. The molecule has 1 aromatic heterocycles. The van der Waals surface area contributed by atoms with E-state index in [1.54, 1.807) is 6.07 Å². The molecule has 0 fully saturated rings. The molecule has 0 bridgehead atoms. The lowest BCUT2D eigenvalue weighted by atomic mass is 10.1. The smallest absolute Gasteiger partial charge is 0.265 e. The van der Waals surface area contributed by atoms with Gasteiger partial charge in [0.25, 0.3) is 5.91 Å². The first-order valence-corrected chi connectivity index (χ1v) is 10.7. The van der Waals surface area contributed by atoms with Gasteiger partial charge in [0.2, 0.25) is 5.91 Å². The predicted molar refractivity (Wildman–Crippen MR) is 119 cm³/mol. The molecule has 0 aliphatic rings. The van der Waals surface area contributed by atoms with Crippen LogP contribution >= 0.6 is 23.1 Å². The molecular formula is C22H22N2O2S2. The third-order valence-corrected chi connectivity index (χ3v) is 5.97. The Bertz CT molecular complexity index is 964. The Labute approximate surface area is 173 Å². The molecular weight excluding hydrogens is 388 g/mol. The van der Waals surface area contributed by atoms with Crippen molar-refractivity contribution < 1.29 is 9.59 Å². The molecule has 1 unspecified atom stereocenters. The maximum Gasteiger partial charge on any atom is 0.265 e. The molecule has 1 heterocycles. The van der Waals surface area contributed by atoms with Gasteiger partial charge in [-0.05, 0) is 73.7 Å². The number of thioether (sulfide) groups is 1. The zero-order valence-corrected chi connectivity index (χ0v) is 17.6.